The second-order valence-electron chi connectivity index (χ2n) is 14.3. The van der Waals surface area contributed by atoms with Crippen LogP contribution in [0.3, 0.4) is 0 Å². The summed E-state index contributed by atoms with van der Waals surface area (Å²) in [4.78, 5) is 23.7. The van der Waals surface area contributed by atoms with E-state index in [1.54, 1.807) is 12.3 Å². The number of fused-ring (bicyclic) bond motifs is 2. The maximum Gasteiger partial charge on any atom is 0.254 e. The van der Waals surface area contributed by atoms with Crippen molar-refractivity contribution in [3.63, 3.8) is 0 Å². The molecule has 0 N–H and O–H groups in total. The third kappa shape index (κ3) is 5.85. The second kappa shape index (κ2) is 12.1. The third-order valence-electron chi connectivity index (χ3n) is 9.72. The Morgan fingerprint density at radius 2 is 1.83 bits per heavy atom. The molecule has 2 aromatic carbocycles. The molecule has 0 bridgehead atoms. The zero-order valence-electron chi connectivity index (χ0n) is 28.7. The fourth-order valence-electron chi connectivity index (χ4n) is 7.32. The van der Waals surface area contributed by atoms with Crippen LogP contribution in [-0.4, -0.2) is 76.2 Å². The molecular formula is C37H43FN8O2. The van der Waals surface area contributed by atoms with Gasteiger partial charge in [-0.3, -0.25) is 9.69 Å². The van der Waals surface area contributed by atoms with E-state index in [0.717, 1.165) is 39.1 Å². The summed E-state index contributed by atoms with van der Waals surface area (Å²) in [6.45, 7) is 16.3. The average molecular weight is 651 g/mol. The first-order valence-corrected chi connectivity index (χ1v) is 16.8. The molecule has 11 heteroatoms. The summed E-state index contributed by atoms with van der Waals surface area (Å²) < 4.78 is 24.1. The highest BCUT2D eigenvalue weighted by molar-refractivity contribution is 6.06. The Kier molecular flexibility index (Phi) is 8.06. The smallest absolute Gasteiger partial charge is 0.254 e. The number of hydrogen-bond acceptors (Lipinski definition) is 7. The number of benzene rings is 2. The maximum absolute atomic E-state index is 14.4. The molecule has 1 saturated heterocycles. The zero-order valence-corrected chi connectivity index (χ0v) is 28.7. The number of nitrogens with zero attached hydrogens (tertiary/aromatic N) is 8. The Morgan fingerprint density at radius 3 is 2.56 bits per heavy atom. The van der Waals surface area contributed by atoms with E-state index < -0.39 is 5.60 Å². The monoisotopic (exact) mass is 650 g/mol. The molecule has 250 valence electrons. The van der Waals surface area contributed by atoms with Crippen LogP contribution in [0.15, 0.2) is 60.9 Å². The van der Waals surface area contributed by atoms with E-state index in [1.165, 1.54) is 12.1 Å². The standard InChI is InChI=1S/C37H43FN8O2/c1-22(2)46-35-31(17-39-46)29(15-32(40-35)28-11-9-8-10-23(28)3)36(47)43-18-24(4)44(25(5)19-43)20-27-21-45(42-41-27)33-16-37(6,7)48-34-13-12-26(38)14-30(33)34/h8-15,17,21-22,24-25,33H,16,18-20H2,1-7H3/t24-,25+,33-/m0/s1. The van der Waals surface area contributed by atoms with Gasteiger partial charge in [-0.2, -0.15) is 5.10 Å². The molecular weight excluding hydrogens is 607 g/mol. The molecule has 2 aliphatic rings. The molecule has 48 heavy (non-hydrogen) atoms. The maximum atomic E-state index is 14.4. The number of carbonyl (C=O) groups is 1. The van der Waals surface area contributed by atoms with Crippen molar-refractivity contribution in [1.82, 2.24) is 39.6 Å². The predicted molar refractivity (Wildman–Crippen MR) is 182 cm³/mol. The van der Waals surface area contributed by atoms with Gasteiger partial charge in [0.25, 0.3) is 5.91 Å². The van der Waals surface area contributed by atoms with Gasteiger partial charge in [0, 0.05) is 55.3 Å². The summed E-state index contributed by atoms with van der Waals surface area (Å²) in [7, 11) is 0. The molecule has 1 amide bonds. The number of aryl methyl sites for hydroxylation is 1. The topological polar surface area (TPSA) is 94.2 Å². The second-order valence-corrected chi connectivity index (χ2v) is 14.3. The van der Waals surface area contributed by atoms with Crippen molar-refractivity contribution in [2.24, 2.45) is 0 Å². The number of amides is 1. The molecule has 3 atom stereocenters. The van der Waals surface area contributed by atoms with Crippen molar-refractivity contribution in [3.8, 4) is 17.0 Å². The highest BCUT2D eigenvalue weighted by atomic mass is 19.1. The van der Waals surface area contributed by atoms with Crippen LogP contribution in [0.2, 0.25) is 0 Å². The summed E-state index contributed by atoms with van der Waals surface area (Å²) in [5.74, 6) is 0.356. The lowest BCUT2D eigenvalue weighted by Gasteiger charge is -2.44. The predicted octanol–water partition coefficient (Wildman–Crippen LogP) is 6.60. The number of piperazine rings is 1. The van der Waals surface area contributed by atoms with Crippen molar-refractivity contribution < 1.29 is 13.9 Å². The Hall–Kier alpha value is -4.64. The molecule has 3 aromatic heterocycles. The van der Waals surface area contributed by atoms with E-state index in [4.69, 9.17) is 9.72 Å². The van der Waals surface area contributed by atoms with Gasteiger partial charge in [0.05, 0.1) is 40.8 Å². The van der Waals surface area contributed by atoms with E-state index in [1.807, 2.05) is 58.6 Å². The Balaban J connectivity index is 1.12. The van der Waals surface area contributed by atoms with Crippen LogP contribution >= 0.6 is 0 Å². The first-order valence-electron chi connectivity index (χ1n) is 16.8. The molecule has 7 rings (SSSR count). The van der Waals surface area contributed by atoms with Gasteiger partial charge in [0.15, 0.2) is 5.65 Å². The minimum Gasteiger partial charge on any atom is -0.487 e. The lowest BCUT2D eigenvalue weighted by molar-refractivity contribution is 0.0265. The molecule has 10 nitrogen and oxygen atoms in total. The number of ether oxygens (including phenoxy) is 1. The molecule has 0 unspecified atom stereocenters. The van der Waals surface area contributed by atoms with Crippen LogP contribution < -0.4 is 4.74 Å². The van der Waals surface area contributed by atoms with Gasteiger partial charge >= 0.3 is 0 Å². The Bertz CT molecular complexity index is 1990. The molecule has 5 heterocycles. The number of aromatic nitrogens is 6. The van der Waals surface area contributed by atoms with Gasteiger partial charge in [0.2, 0.25) is 0 Å². The summed E-state index contributed by atoms with van der Waals surface area (Å²) in [6.07, 6.45) is 4.38. The molecule has 0 aliphatic carbocycles. The number of pyridine rings is 1. The van der Waals surface area contributed by atoms with Crippen molar-refractivity contribution >= 4 is 16.9 Å². The summed E-state index contributed by atoms with van der Waals surface area (Å²) in [6, 6.07) is 14.8. The first kappa shape index (κ1) is 31.9. The van der Waals surface area contributed by atoms with Crippen LogP contribution in [0.25, 0.3) is 22.3 Å². The molecule has 0 saturated carbocycles. The van der Waals surface area contributed by atoms with E-state index in [-0.39, 0.29) is 35.9 Å². The minimum absolute atomic E-state index is 0.0159. The quantitative estimate of drug-likeness (QED) is 0.204. The Labute approximate surface area is 280 Å². The molecule has 1 fully saturated rings. The normalized spacial score (nSPS) is 21.0. The van der Waals surface area contributed by atoms with E-state index in [2.05, 4.69) is 61.0 Å². The fraction of sp³-hybridized carbons (Fsp3) is 0.432. The first-order chi connectivity index (χ1) is 22.9. The van der Waals surface area contributed by atoms with Crippen molar-refractivity contribution in [3.05, 3.63) is 89.1 Å². The largest absolute Gasteiger partial charge is 0.487 e. The minimum atomic E-state index is -0.429. The van der Waals surface area contributed by atoms with Gasteiger partial charge in [-0.15, -0.1) is 5.10 Å². The number of halogens is 1. The Morgan fingerprint density at radius 1 is 1.08 bits per heavy atom. The van der Waals surface area contributed by atoms with Crippen LogP contribution in [0.4, 0.5) is 4.39 Å². The van der Waals surface area contributed by atoms with Gasteiger partial charge in [-0.25, -0.2) is 18.7 Å². The number of carbonyl (C=O) groups excluding carboxylic acids is 1. The van der Waals surface area contributed by atoms with E-state index >= 15 is 0 Å². The number of hydrogen-bond donors (Lipinski definition) is 0. The summed E-state index contributed by atoms with van der Waals surface area (Å²) >= 11 is 0. The summed E-state index contributed by atoms with van der Waals surface area (Å²) in [5.41, 5.74) is 5.39. The van der Waals surface area contributed by atoms with Gasteiger partial charge < -0.3 is 9.64 Å². The van der Waals surface area contributed by atoms with Crippen molar-refractivity contribution in [2.75, 3.05) is 13.1 Å². The van der Waals surface area contributed by atoms with Crippen molar-refractivity contribution in [1.29, 1.82) is 0 Å². The van der Waals surface area contributed by atoms with Crippen LogP contribution in [0.1, 0.15) is 87.2 Å². The lowest BCUT2D eigenvalue weighted by atomic mass is 9.90. The highest BCUT2D eigenvalue weighted by Crippen LogP contribution is 2.41. The zero-order chi connectivity index (χ0) is 33.9. The van der Waals surface area contributed by atoms with Crippen LogP contribution in [0.5, 0.6) is 5.75 Å². The van der Waals surface area contributed by atoms with E-state index in [0.29, 0.717) is 37.4 Å². The SMILES string of the molecule is Cc1ccccc1-c1cc(C(=O)N2C[C@@H](C)N(Cc3cn([C@H]4CC(C)(C)Oc5ccc(F)cc54)nn3)[C@@H](C)C2)c2cnn(C(C)C)c2n1. The van der Waals surface area contributed by atoms with E-state index in [9.17, 15) is 9.18 Å². The van der Waals surface area contributed by atoms with Crippen molar-refractivity contribution in [2.45, 2.75) is 91.2 Å². The highest BCUT2D eigenvalue weighted by Gasteiger charge is 2.37. The molecule has 0 spiro atoms. The summed E-state index contributed by atoms with van der Waals surface area (Å²) in [5, 5.41) is 14.4. The number of rotatable bonds is 6. The van der Waals surface area contributed by atoms with Crippen LogP contribution in [-0.2, 0) is 6.54 Å². The molecule has 0 radical (unpaired) electrons. The van der Waals surface area contributed by atoms with Gasteiger partial charge in [-0.1, -0.05) is 29.5 Å². The average Bonchev–Trinajstić information content (AvgIpc) is 3.69. The van der Waals surface area contributed by atoms with Gasteiger partial charge in [-0.05, 0) is 78.3 Å². The molecule has 5 aromatic rings. The lowest BCUT2D eigenvalue weighted by Crippen LogP contribution is -2.57. The third-order valence-corrected chi connectivity index (χ3v) is 9.72. The van der Waals surface area contributed by atoms with Crippen LogP contribution in [0, 0.1) is 12.7 Å². The molecule has 2 aliphatic heterocycles. The van der Waals surface area contributed by atoms with Gasteiger partial charge in [0.1, 0.15) is 17.2 Å². The fourth-order valence-corrected chi connectivity index (χ4v) is 7.32.